The molecule has 0 aromatic heterocycles. The van der Waals surface area contributed by atoms with Crippen LogP contribution in [0.5, 0.6) is 0 Å². The maximum atomic E-state index is 12.1. The first kappa shape index (κ1) is 16.4. The molecule has 0 heterocycles. The quantitative estimate of drug-likeness (QED) is 0.698. The lowest BCUT2D eigenvalue weighted by molar-refractivity contribution is -0.136. The number of nitrogens with one attached hydrogen (secondary N) is 1. The fourth-order valence-electron chi connectivity index (χ4n) is 1.43. The van der Waals surface area contributed by atoms with Crippen LogP contribution < -0.4 is 5.32 Å². The van der Waals surface area contributed by atoms with E-state index in [1.165, 1.54) is 0 Å². The number of ether oxygens (including phenoxy) is 1. The van der Waals surface area contributed by atoms with Gasteiger partial charge in [0.2, 0.25) is 5.91 Å². The summed E-state index contributed by atoms with van der Waals surface area (Å²) in [5, 5.41) is 2.95. The van der Waals surface area contributed by atoms with E-state index >= 15 is 0 Å². The average molecular weight is 243 g/mol. The fraction of sp³-hybridized carbons (Fsp3) is 0.929. The normalized spacial score (nSPS) is 12.9. The average Bonchev–Trinajstić information content (AvgIpc) is 2.23. The molecule has 102 valence electrons. The molecule has 0 aliphatic carbocycles. The van der Waals surface area contributed by atoms with Gasteiger partial charge in [0.1, 0.15) is 0 Å². The highest BCUT2D eigenvalue weighted by atomic mass is 16.5. The SMILES string of the molecule is CCC(C)(C)C(C)(C)C(=O)NCCOC(C)C. The van der Waals surface area contributed by atoms with Crippen molar-refractivity contribution in [2.24, 2.45) is 10.8 Å². The van der Waals surface area contributed by atoms with Gasteiger partial charge >= 0.3 is 0 Å². The largest absolute Gasteiger partial charge is 0.377 e. The Morgan fingerprint density at radius 2 is 1.76 bits per heavy atom. The minimum Gasteiger partial charge on any atom is -0.377 e. The smallest absolute Gasteiger partial charge is 0.226 e. The summed E-state index contributed by atoms with van der Waals surface area (Å²) in [6.45, 7) is 15.6. The highest BCUT2D eigenvalue weighted by Crippen LogP contribution is 2.41. The lowest BCUT2D eigenvalue weighted by Gasteiger charge is -2.39. The third kappa shape index (κ3) is 4.66. The van der Waals surface area contributed by atoms with Gasteiger partial charge in [-0.2, -0.15) is 0 Å². The molecule has 1 amide bonds. The van der Waals surface area contributed by atoms with Crippen molar-refractivity contribution in [1.29, 1.82) is 0 Å². The molecular weight excluding hydrogens is 214 g/mol. The zero-order valence-electron chi connectivity index (χ0n) is 12.5. The van der Waals surface area contributed by atoms with Gasteiger partial charge in [0.25, 0.3) is 0 Å². The maximum absolute atomic E-state index is 12.1. The van der Waals surface area contributed by atoms with Crippen molar-refractivity contribution in [3.8, 4) is 0 Å². The number of hydrogen-bond acceptors (Lipinski definition) is 2. The van der Waals surface area contributed by atoms with Gasteiger partial charge in [-0.25, -0.2) is 0 Å². The molecule has 0 saturated heterocycles. The molecule has 0 bridgehead atoms. The van der Waals surface area contributed by atoms with Gasteiger partial charge < -0.3 is 10.1 Å². The van der Waals surface area contributed by atoms with Crippen molar-refractivity contribution in [1.82, 2.24) is 5.32 Å². The van der Waals surface area contributed by atoms with Crippen LogP contribution in [0.2, 0.25) is 0 Å². The van der Waals surface area contributed by atoms with E-state index in [0.717, 1.165) is 6.42 Å². The molecule has 1 N–H and O–H groups in total. The minimum atomic E-state index is -0.362. The van der Waals surface area contributed by atoms with E-state index in [1.807, 2.05) is 27.7 Å². The highest BCUT2D eigenvalue weighted by molar-refractivity contribution is 5.82. The molecule has 0 radical (unpaired) electrons. The van der Waals surface area contributed by atoms with Crippen LogP contribution >= 0.6 is 0 Å². The molecule has 0 aliphatic heterocycles. The Hall–Kier alpha value is -0.570. The third-order valence-electron chi connectivity index (χ3n) is 3.98. The van der Waals surface area contributed by atoms with Crippen molar-refractivity contribution in [2.45, 2.75) is 61.0 Å². The molecule has 17 heavy (non-hydrogen) atoms. The van der Waals surface area contributed by atoms with E-state index in [9.17, 15) is 4.79 Å². The molecule has 0 spiro atoms. The van der Waals surface area contributed by atoms with Crippen LogP contribution in [0, 0.1) is 10.8 Å². The summed E-state index contributed by atoms with van der Waals surface area (Å²) in [5.74, 6) is 0.108. The molecule has 0 aromatic carbocycles. The summed E-state index contributed by atoms with van der Waals surface area (Å²) in [6.07, 6.45) is 1.20. The van der Waals surface area contributed by atoms with Gasteiger partial charge in [0.15, 0.2) is 0 Å². The number of hydrogen-bond donors (Lipinski definition) is 1. The molecule has 0 saturated carbocycles. The molecule has 3 nitrogen and oxygen atoms in total. The Kier molecular flexibility index (Phi) is 6.17. The lowest BCUT2D eigenvalue weighted by atomic mass is 9.66. The summed E-state index contributed by atoms with van der Waals surface area (Å²) in [4.78, 5) is 12.1. The Labute approximate surface area is 106 Å². The van der Waals surface area contributed by atoms with Crippen molar-refractivity contribution in [3.63, 3.8) is 0 Å². The first-order valence-electron chi connectivity index (χ1n) is 6.55. The summed E-state index contributed by atoms with van der Waals surface area (Å²) >= 11 is 0. The molecule has 3 heteroatoms. The van der Waals surface area contributed by atoms with E-state index < -0.39 is 0 Å². The van der Waals surface area contributed by atoms with Crippen LogP contribution in [-0.4, -0.2) is 25.2 Å². The van der Waals surface area contributed by atoms with Crippen LogP contribution in [0.25, 0.3) is 0 Å². The molecule has 0 aromatic rings. The summed E-state index contributed by atoms with van der Waals surface area (Å²) in [6, 6.07) is 0. The molecule has 0 rings (SSSR count). The second kappa shape index (κ2) is 6.39. The van der Waals surface area contributed by atoms with Crippen molar-refractivity contribution >= 4 is 5.91 Å². The van der Waals surface area contributed by atoms with Gasteiger partial charge in [0, 0.05) is 12.0 Å². The van der Waals surface area contributed by atoms with E-state index in [-0.39, 0.29) is 22.8 Å². The Balaban J connectivity index is 4.22. The van der Waals surface area contributed by atoms with E-state index in [2.05, 4.69) is 26.1 Å². The van der Waals surface area contributed by atoms with E-state index in [0.29, 0.717) is 13.2 Å². The van der Waals surface area contributed by atoms with Gasteiger partial charge in [-0.15, -0.1) is 0 Å². The lowest BCUT2D eigenvalue weighted by Crippen LogP contribution is -2.47. The predicted molar refractivity (Wildman–Crippen MR) is 72.0 cm³/mol. The van der Waals surface area contributed by atoms with Gasteiger partial charge in [-0.05, 0) is 25.7 Å². The highest BCUT2D eigenvalue weighted by Gasteiger charge is 2.41. The van der Waals surface area contributed by atoms with Gasteiger partial charge in [-0.3, -0.25) is 4.79 Å². The van der Waals surface area contributed by atoms with Gasteiger partial charge in [0.05, 0.1) is 12.7 Å². The Morgan fingerprint density at radius 3 is 2.18 bits per heavy atom. The maximum Gasteiger partial charge on any atom is 0.226 e. The summed E-state index contributed by atoms with van der Waals surface area (Å²) in [7, 11) is 0. The second-order valence-corrected chi connectivity index (χ2v) is 6.04. The number of carbonyl (C=O) groups is 1. The Bertz CT molecular complexity index is 245. The predicted octanol–water partition coefficient (Wildman–Crippen LogP) is 2.99. The monoisotopic (exact) mass is 243 g/mol. The van der Waals surface area contributed by atoms with E-state index in [4.69, 9.17) is 4.74 Å². The van der Waals surface area contributed by atoms with Crippen molar-refractivity contribution in [3.05, 3.63) is 0 Å². The van der Waals surface area contributed by atoms with E-state index in [1.54, 1.807) is 0 Å². The molecular formula is C14H29NO2. The molecule has 0 fully saturated rings. The van der Waals surface area contributed by atoms with Crippen molar-refractivity contribution in [2.75, 3.05) is 13.2 Å². The molecule has 0 unspecified atom stereocenters. The summed E-state index contributed by atoms with van der Waals surface area (Å²) < 4.78 is 5.40. The third-order valence-corrected chi connectivity index (χ3v) is 3.98. The molecule has 0 aliphatic rings. The van der Waals surface area contributed by atoms with Crippen molar-refractivity contribution < 1.29 is 9.53 Å². The zero-order valence-corrected chi connectivity index (χ0v) is 12.5. The zero-order chi connectivity index (χ0) is 13.7. The minimum absolute atomic E-state index is 0.00398. The standard InChI is InChI=1S/C14H29NO2/c1-8-13(4,5)14(6,7)12(16)15-9-10-17-11(2)3/h11H,8-10H2,1-7H3,(H,15,16). The summed E-state index contributed by atoms with van der Waals surface area (Å²) in [5.41, 5.74) is -0.366. The number of rotatable bonds is 7. The van der Waals surface area contributed by atoms with Crippen LogP contribution in [0.4, 0.5) is 0 Å². The van der Waals surface area contributed by atoms with Crippen LogP contribution in [-0.2, 0) is 9.53 Å². The van der Waals surface area contributed by atoms with Crippen LogP contribution in [0.3, 0.4) is 0 Å². The van der Waals surface area contributed by atoms with Crippen LogP contribution in [0.1, 0.15) is 54.9 Å². The number of amides is 1. The van der Waals surface area contributed by atoms with Gasteiger partial charge in [-0.1, -0.05) is 34.6 Å². The second-order valence-electron chi connectivity index (χ2n) is 6.04. The number of carbonyl (C=O) groups excluding carboxylic acids is 1. The first-order chi connectivity index (χ1) is 7.65. The first-order valence-corrected chi connectivity index (χ1v) is 6.55. The van der Waals surface area contributed by atoms with Crippen LogP contribution in [0.15, 0.2) is 0 Å². The Morgan fingerprint density at radius 1 is 1.24 bits per heavy atom. The molecule has 0 atom stereocenters. The fourth-order valence-corrected chi connectivity index (χ4v) is 1.43. The topological polar surface area (TPSA) is 38.3 Å².